The van der Waals surface area contributed by atoms with Gasteiger partial charge in [0, 0.05) is 26.6 Å². The second kappa shape index (κ2) is 6.79. The minimum absolute atomic E-state index is 0.103. The molecule has 0 radical (unpaired) electrons. The second-order valence-electron chi connectivity index (χ2n) is 6.56. The van der Waals surface area contributed by atoms with E-state index < -0.39 is 0 Å². The zero-order valence-electron chi connectivity index (χ0n) is 14.2. The number of hydrogen-bond acceptors (Lipinski definition) is 4. The van der Waals surface area contributed by atoms with E-state index in [9.17, 15) is 4.79 Å². The second-order valence-corrected chi connectivity index (χ2v) is 6.56. The number of benzene rings is 1. The van der Waals surface area contributed by atoms with Crippen LogP contribution in [0.5, 0.6) is 11.5 Å². The Balaban J connectivity index is 1.82. The SMILES string of the molecule is C[C@@H](C(=O)N(C)C)N1CCC[C@@H]1c1ccc2c(c1)OCCCO2. The number of nitrogens with zero attached hydrogens (tertiary/aromatic N) is 2. The van der Waals surface area contributed by atoms with E-state index in [0.717, 1.165) is 37.3 Å². The largest absolute Gasteiger partial charge is 0.490 e. The van der Waals surface area contributed by atoms with Crippen molar-refractivity contribution in [1.29, 1.82) is 0 Å². The normalized spacial score (nSPS) is 22.5. The number of amides is 1. The molecule has 0 bridgehead atoms. The van der Waals surface area contributed by atoms with Gasteiger partial charge >= 0.3 is 0 Å². The summed E-state index contributed by atoms with van der Waals surface area (Å²) in [5.41, 5.74) is 1.21. The first kappa shape index (κ1) is 16.1. The molecule has 126 valence electrons. The standard InChI is InChI=1S/C18H26N2O3/c1-13(18(21)19(2)3)20-9-4-6-15(20)14-7-8-16-17(12-14)23-11-5-10-22-16/h7-8,12-13,15H,4-6,9-11H2,1-3H3/t13-,15+/m0/s1. The van der Waals surface area contributed by atoms with Crippen LogP contribution in [0.15, 0.2) is 18.2 Å². The van der Waals surface area contributed by atoms with Crippen molar-refractivity contribution in [2.75, 3.05) is 33.9 Å². The van der Waals surface area contributed by atoms with E-state index in [2.05, 4.69) is 17.0 Å². The van der Waals surface area contributed by atoms with Gasteiger partial charge in [-0.3, -0.25) is 9.69 Å². The Hall–Kier alpha value is -1.75. The molecule has 2 aliphatic rings. The van der Waals surface area contributed by atoms with E-state index in [1.54, 1.807) is 4.90 Å². The summed E-state index contributed by atoms with van der Waals surface area (Å²) in [5, 5.41) is 0. The quantitative estimate of drug-likeness (QED) is 0.858. The maximum absolute atomic E-state index is 12.3. The van der Waals surface area contributed by atoms with E-state index in [0.29, 0.717) is 13.2 Å². The highest BCUT2D eigenvalue weighted by Gasteiger charge is 2.34. The van der Waals surface area contributed by atoms with Gasteiger partial charge in [-0.05, 0) is 44.0 Å². The number of carbonyl (C=O) groups is 1. The molecule has 1 aromatic carbocycles. The molecule has 5 heteroatoms. The molecule has 0 saturated carbocycles. The van der Waals surface area contributed by atoms with Crippen LogP contribution in [-0.2, 0) is 4.79 Å². The number of fused-ring (bicyclic) bond motifs is 1. The van der Waals surface area contributed by atoms with Crippen LogP contribution < -0.4 is 9.47 Å². The molecule has 0 unspecified atom stereocenters. The first-order chi connectivity index (χ1) is 11.1. The van der Waals surface area contributed by atoms with Crippen LogP contribution in [0.2, 0.25) is 0 Å². The molecule has 3 rings (SSSR count). The highest BCUT2D eigenvalue weighted by atomic mass is 16.5. The predicted molar refractivity (Wildman–Crippen MR) is 88.9 cm³/mol. The summed E-state index contributed by atoms with van der Waals surface area (Å²) in [7, 11) is 3.63. The summed E-state index contributed by atoms with van der Waals surface area (Å²) in [6, 6.07) is 6.38. The number of ether oxygens (including phenoxy) is 2. The molecular formula is C18H26N2O3. The van der Waals surface area contributed by atoms with Crippen molar-refractivity contribution in [3.8, 4) is 11.5 Å². The van der Waals surface area contributed by atoms with E-state index in [1.165, 1.54) is 5.56 Å². The molecule has 0 spiro atoms. The van der Waals surface area contributed by atoms with Crippen LogP contribution in [0, 0.1) is 0 Å². The minimum atomic E-state index is -0.103. The van der Waals surface area contributed by atoms with E-state index in [4.69, 9.17) is 9.47 Å². The van der Waals surface area contributed by atoms with Gasteiger partial charge in [0.15, 0.2) is 11.5 Å². The molecule has 2 aliphatic heterocycles. The monoisotopic (exact) mass is 318 g/mol. The van der Waals surface area contributed by atoms with Gasteiger partial charge in [-0.1, -0.05) is 6.07 Å². The van der Waals surface area contributed by atoms with Crippen molar-refractivity contribution in [2.24, 2.45) is 0 Å². The summed E-state index contributed by atoms with van der Waals surface area (Å²) in [4.78, 5) is 16.3. The van der Waals surface area contributed by atoms with Crippen LogP contribution in [0.4, 0.5) is 0 Å². The summed E-state index contributed by atoms with van der Waals surface area (Å²) in [6.07, 6.45) is 3.10. The molecule has 1 amide bonds. The van der Waals surface area contributed by atoms with Gasteiger partial charge < -0.3 is 14.4 Å². The molecule has 5 nitrogen and oxygen atoms in total. The zero-order valence-corrected chi connectivity index (χ0v) is 14.2. The first-order valence-electron chi connectivity index (χ1n) is 8.44. The van der Waals surface area contributed by atoms with Gasteiger partial charge in [0.05, 0.1) is 19.3 Å². The molecule has 2 atom stereocenters. The Morgan fingerprint density at radius 3 is 2.70 bits per heavy atom. The lowest BCUT2D eigenvalue weighted by Crippen LogP contribution is -2.44. The number of rotatable bonds is 3. The predicted octanol–water partition coefficient (Wildman–Crippen LogP) is 2.46. The van der Waals surface area contributed by atoms with Gasteiger partial charge in [-0.2, -0.15) is 0 Å². The number of hydrogen-bond donors (Lipinski definition) is 0. The third kappa shape index (κ3) is 3.29. The Kier molecular flexibility index (Phi) is 4.76. The van der Waals surface area contributed by atoms with Crippen molar-refractivity contribution < 1.29 is 14.3 Å². The molecule has 1 fully saturated rings. The molecular weight excluding hydrogens is 292 g/mol. The zero-order chi connectivity index (χ0) is 16.4. The average Bonchev–Trinajstić information content (AvgIpc) is 2.91. The number of likely N-dealkylation sites (tertiary alicyclic amines) is 1. The Labute approximate surface area is 138 Å². The Morgan fingerprint density at radius 1 is 1.22 bits per heavy atom. The van der Waals surface area contributed by atoms with Crippen molar-refractivity contribution >= 4 is 5.91 Å². The molecule has 0 aliphatic carbocycles. The van der Waals surface area contributed by atoms with Gasteiger partial charge in [-0.25, -0.2) is 0 Å². The fraction of sp³-hybridized carbons (Fsp3) is 0.611. The fourth-order valence-electron chi connectivity index (χ4n) is 3.51. The molecule has 1 saturated heterocycles. The molecule has 0 N–H and O–H groups in total. The number of likely N-dealkylation sites (N-methyl/N-ethyl adjacent to an activating group) is 1. The molecule has 23 heavy (non-hydrogen) atoms. The van der Waals surface area contributed by atoms with Crippen LogP contribution in [-0.4, -0.2) is 55.6 Å². The van der Waals surface area contributed by atoms with Crippen LogP contribution in [0.25, 0.3) is 0 Å². The molecule has 1 aromatic rings. The average molecular weight is 318 g/mol. The highest BCUT2D eigenvalue weighted by molar-refractivity contribution is 5.81. The van der Waals surface area contributed by atoms with Gasteiger partial charge in [0.25, 0.3) is 0 Å². The topological polar surface area (TPSA) is 42.0 Å². The summed E-state index contributed by atoms with van der Waals surface area (Å²) < 4.78 is 11.5. The van der Waals surface area contributed by atoms with Crippen LogP contribution in [0.1, 0.15) is 37.8 Å². The van der Waals surface area contributed by atoms with E-state index in [-0.39, 0.29) is 18.0 Å². The minimum Gasteiger partial charge on any atom is -0.490 e. The first-order valence-corrected chi connectivity index (χ1v) is 8.44. The van der Waals surface area contributed by atoms with Gasteiger partial charge in [-0.15, -0.1) is 0 Å². The fourth-order valence-corrected chi connectivity index (χ4v) is 3.51. The van der Waals surface area contributed by atoms with Crippen LogP contribution in [0.3, 0.4) is 0 Å². The number of carbonyl (C=O) groups excluding carboxylic acids is 1. The van der Waals surface area contributed by atoms with Gasteiger partial charge in [0.2, 0.25) is 5.91 Å². The Bertz CT molecular complexity index is 573. The van der Waals surface area contributed by atoms with E-state index >= 15 is 0 Å². The third-order valence-corrected chi connectivity index (χ3v) is 4.75. The van der Waals surface area contributed by atoms with E-state index in [1.807, 2.05) is 27.1 Å². The summed E-state index contributed by atoms with van der Waals surface area (Å²) in [6.45, 7) is 4.36. The van der Waals surface area contributed by atoms with Crippen molar-refractivity contribution in [3.63, 3.8) is 0 Å². The Morgan fingerprint density at radius 2 is 1.96 bits per heavy atom. The highest BCUT2D eigenvalue weighted by Crippen LogP contribution is 2.38. The lowest BCUT2D eigenvalue weighted by Gasteiger charge is -2.31. The van der Waals surface area contributed by atoms with Gasteiger partial charge in [0.1, 0.15) is 0 Å². The summed E-state index contributed by atoms with van der Waals surface area (Å²) in [5.74, 6) is 1.82. The lowest BCUT2D eigenvalue weighted by molar-refractivity contribution is -0.134. The maximum Gasteiger partial charge on any atom is 0.239 e. The lowest BCUT2D eigenvalue weighted by atomic mass is 10.0. The van der Waals surface area contributed by atoms with Crippen molar-refractivity contribution in [1.82, 2.24) is 9.80 Å². The third-order valence-electron chi connectivity index (χ3n) is 4.75. The van der Waals surface area contributed by atoms with Crippen molar-refractivity contribution in [2.45, 2.75) is 38.3 Å². The van der Waals surface area contributed by atoms with Crippen molar-refractivity contribution in [3.05, 3.63) is 23.8 Å². The molecule has 2 heterocycles. The maximum atomic E-state index is 12.3. The van der Waals surface area contributed by atoms with Crippen LogP contribution >= 0.6 is 0 Å². The molecule has 0 aromatic heterocycles. The summed E-state index contributed by atoms with van der Waals surface area (Å²) >= 11 is 0. The smallest absolute Gasteiger partial charge is 0.239 e.